The number of imide groups is 1. The van der Waals surface area contributed by atoms with Gasteiger partial charge in [0.2, 0.25) is 5.91 Å². The topological polar surface area (TPSA) is 95.5 Å². The molecule has 104 valence electrons. The number of hydrogen-bond donors (Lipinski definition) is 3. The number of carbonyl (C=O) groups excluding carboxylic acids is 2. The van der Waals surface area contributed by atoms with Gasteiger partial charge in [-0.25, -0.2) is 4.79 Å². The number of urea groups is 1. The maximum Gasteiger partial charge on any atom is 0.321 e. The Balaban J connectivity index is 4.26. The molecule has 6 nitrogen and oxygen atoms in total. The Bertz CT molecular complexity index is 337. The fraction of sp³-hybridized carbons (Fsp3) is 0.750. The molecule has 0 aromatic carbocycles. The smallest absolute Gasteiger partial charge is 0.321 e. The van der Waals surface area contributed by atoms with E-state index in [1.807, 2.05) is 20.8 Å². The molecule has 3 amide bonds. The molecule has 0 aromatic heterocycles. The van der Waals surface area contributed by atoms with E-state index in [1.165, 1.54) is 13.8 Å². The Kier molecular flexibility index (Phi) is 5.81. The van der Waals surface area contributed by atoms with Crippen LogP contribution in [0, 0.1) is 11.3 Å². The van der Waals surface area contributed by atoms with Gasteiger partial charge in [0.15, 0.2) is 0 Å². The summed E-state index contributed by atoms with van der Waals surface area (Å²) in [4.78, 5) is 33.8. The van der Waals surface area contributed by atoms with Crippen molar-refractivity contribution >= 4 is 17.9 Å². The molecule has 6 heteroatoms. The lowest BCUT2D eigenvalue weighted by molar-refractivity contribution is -0.149. The molecule has 0 aromatic rings. The van der Waals surface area contributed by atoms with Gasteiger partial charge in [0.25, 0.3) is 0 Å². The normalized spacial score (nSPS) is 13.0. The van der Waals surface area contributed by atoms with Crippen LogP contribution in [-0.2, 0) is 9.59 Å². The number of carbonyl (C=O) groups is 3. The van der Waals surface area contributed by atoms with Crippen molar-refractivity contribution in [2.75, 3.05) is 0 Å². The summed E-state index contributed by atoms with van der Waals surface area (Å²) in [6, 6.07) is -0.660. The predicted molar refractivity (Wildman–Crippen MR) is 67.0 cm³/mol. The van der Waals surface area contributed by atoms with E-state index < -0.39 is 23.3 Å². The standard InChI is InChI=1S/C12H22N2O4/c1-7(2)8(3)13-11(18)14-9(15)6-12(4,5)10(16)17/h7-8H,6H2,1-5H3,(H,16,17)(H2,13,14,15,18). The van der Waals surface area contributed by atoms with Crippen LogP contribution in [0.2, 0.25) is 0 Å². The maximum absolute atomic E-state index is 11.5. The van der Waals surface area contributed by atoms with E-state index in [0.29, 0.717) is 0 Å². The van der Waals surface area contributed by atoms with Crippen LogP contribution in [0.5, 0.6) is 0 Å². The molecule has 0 bridgehead atoms. The fourth-order valence-corrected chi connectivity index (χ4v) is 1.06. The molecule has 0 heterocycles. The van der Waals surface area contributed by atoms with Gasteiger partial charge in [0.05, 0.1) is 5.41 Å². The van der Waals surface area contributed by atoms with Gasteiger partial charge < -0.3 is 10.4 Å². The molecule has 0 aliphatic heterocycles. The van der Waals surface area contributed by atoms with Crippen LogP contribution in [0.3, 0.4) is 0 Å². The molecule has 3 N–H and O–H groups in total. The van der Waals surface area contributed by atoms with E-state index in [4.69, 9.17) is 5.11 Å². The molecule has 0 rings (SSSR count). The van der Waals surface area contributed by atoms with Gasteiger partial charge in [-0.2, -0.15) is 0 Å². The highest BCUT2D eigenvalue weighted by Gasteiger charge is 2.30. The number of nitrogens with one attached hydrogen (secondary N) is 2. The zero-order chi connectivity index (χ0) is 14.5. The summed E-state index contributed by atoms with van der Waals surface area (Å²) in [5, 5.41) is 13.6. The minimum atomic E-state index is -1.19. The zero-order valence-corrected chi connectivity index (χ0v) is 11.5. The van der Waals surface area contributed by atoms with Gasteiger partial charge in [-0.05, 0) is 26.7 Å². The lowest BCUT2D eigenvalue weighted by Crippen LogP contribution is -2.46. The first-order chi connectivity index (χ1) is 8.06. The minimum absolute atomic E-state index is 0.0646. The van der Waals surface area contributed by atoms with Crippen LogP contribution in [0.1, 0.15) is 41.0 Å². The molecule has 0 aliphatic carbocycles. The monoisotopic (exact) mass is 258 g/mol. The number of carboxylic acid groups (broad SMARTS) is 1. The van der Waals surface area contributed by atoms with Gasteiger partial charge in [0.1, 0.15) is 0 Å². The van der Waals surface area contributed by atoms with Crippen LogP contribution in [0.15, 0.2) is 0 Å². The van der Waals surface area contributed by atoms with Crippen LogP contribution in [0.4, 0.5) is 4.79 Å². The van der Waals surface area contributed by atoms with Crippen LogP contribution >= 0.6 is 0 Å². The molecule has 1 atom stereocenters. The molecule has 0 spiro atoms. The third-order valence-corrected chi connectivity index (χ3v) is 2.79. The summed E-state index contributed by atoms with van der Waals surface area (Å²) < 4.78 is 0. The van der Waals surface area contributed by atoms with Crippen molar-refractivity contribution in [1.82, 2.24) is 10.6 Å². The second-order valence-corrected chi connectivity index (χ2v) is 5.42. The van der Waals surface area contributed by atoms with Gasteiger partial charge in [-0.1, -0.05) is 13.8 Å². The first kappa shape index (κ1) is 16.4. The van der Waals surface area contributed by atoms with Gasteiger partial charge in [-0.3, -0.25) is 14.9 Å². The van der Waals surface area contributed by atoms with E-state index in [1.54, 1.807) is 0 Å². The summed E-state index contributed by atoms with van der Waals surface area (Å²) >= 11 is 0. The summed E-state index contributed by atoms with van der Waals surface area (Å²) in [5.74, 6) is -1.43. The van der Waals surface area contributed by atoms with Crippen molar-refractivity contribution in [1.29, 1.82) is 0 Å². The minimum Gasteiger partial charge on any atom is -0.481 e. The van der Waals surface area contributed by atoms with E-state index in [9.17, 15) is 14.4 Å². The Labute approximate surface area is 107 Å². The SMILES string of the molecule is CC(C)C(C)NC(=O)NC(=O)CC(C)(C)C(=O)O. The summed E-state index contributed by atoms with van der Waals surface area (Å²) in [6.07, 6.45) is -0.244. The molecular weight excluding hydrogens is 236 g/mol. The Morgan fingerprint density at radius 1 is 1.17 bits per heavy atom. The third-order valence-electron chi connectivity index (χ3n) is 2.79. The van der Waals surface area contributed by atoms with E-state index in [2.05, 4.69) is 10.6 Å². The molecule has 0 saturated carbocycles. The molecule has 18 heavy (non-hydrogen) atoms. The van der Waals surface area contributed by atoms with Crippen molar-refractivity contribution in [3.8, 4) is 0 Å². The van der Waals surface area contributed by atoms with Crippen LogP contribution < -0.4 is 10.6 Å². The largest absolute Gasteiger partial charge is 0.481 e. The van der Waals surface area contributed by atoms with Crippen molar-refractivity contribution < 1.29 is 19.5 Å². The number of rotatable bonds is 5. The fourth-order valence-electron chi connectivity index (χ4n) is 1.06. The van der Waals surface area contributed by atoms with E-state index in [-0.39, 0.29) is 18.4 Å². The highest BCUT2D eigenvalue weighted by molar-refractivity contribution is 5.96. The highest BCUT2D eigenvalue weighted by Crippen LogP contribution is 2.19. The molecule has 0 saturated heterocycles. The average molecular weight is 258 g/mol. The summed E-state index contributed by atoms with van der Waals surface area (Å²) in [6.45, 7) is 8.59. The molecule has 0 aliphatic rings. The van der Waals surface area contributed by atoms with Crippen molar-refractivity contribution in [3.05, 3.63) is 0 Å². The Morgan fingerprint density at radius 2 is 1.67 bits per heavy atom. The summed E-state index contributed by atoms with van der Waals surface area (Å²) in [7, 11) is 0. The third kappa shape index (κ3) is 5.65. The highest BCUT2D eigenvalue weighted by atomic mass is 16.4. The van der Waals surface area contributed by atoms with Crippen molar-refractivity contribution in [2.24, 2.45) is 11.3 Å². The molecule has 0 radical (unpaired) electrons. The molecular formula is C12H22N2O4. The lowest BCUT2D eigenvalue weighted by atomic mass is 9.89. The summed E-state index contributed by atoms with van der Waals surface area (Å²) in [5.41, 5.74) is -1.19. The number of hydrogen-bond acceptors (Lipinski definition) is 3. The van der Waals surface area contributed by atoms with Crippen molar-refractivity contribution in [3.63, 3.8) is 0 Å². The lowest BCUT2D eigenvalue weighted by Gasteiger charge is -2.20. The first-order valence-corrected chi connectivity index (χ1v) is 5.90. The van der Waals surface area contributed by atoms with Crippen LogP contribution in [-0.4, -0.2) is 29.1 Å². The van der Waals surface area contributed by atoms with Gasteiger partial charge in [-0.15, -0.1) is 0 Å². The molecule has 0 fully saturated rings. The average Bonchev–Trinajstić information content (AvgIpc) is 2.15. The van der Waals surface area contributed by atoms with Crippen molar-refractivity contribution in [2.45, 2.75) is 47.1 Å². The maximum atomic E-state index is 11.5. The molecule has 1 unspecified atom stereocenters. The van der Waals surface area contributed by atoms with E-state index in [0.717, 1.165) is 0 Å². The van der Waals surface area contributed by atoms with Crippen LogP contribution in [0.25, 0.3) is 0 Å². The van der Waals surface area contributed by atoms with Gasteiger partial charge >= 0.3 is 12.0 Å². The first-order valence-electron chi connectivity index (χ1n) is 5.90. The zero-order valence-electron chi connectivity index (χ0n) is 11.5. The second-order valence-electron chi connectivity index (χ2n) is 5.42. The number of carboxylic acids is 1. The Hall–Kier alpha value is -1.59. The van der Waals surface area contributed by atoms with Gasteiger partial charge in [0, 0.05) is 12.5 Å². The second kappa shape index (κ2) is 6.37. The number of amides is 3. The Morgan fingerprint density at radius 3 is 2.06 bits per heavy atom. The number of aliphatic carboxylic acids is 1. The predicted octanol–water partition coefficient (Wildman–Crippen LogP) is 1.36. The quantitative estimate of drug-likeness (QED) is 0.693. The van der Waals surface area contributed by atoms with E-state index >= 15 is 0 Å².